The summed E-state index contributed by atoms with van der Waals surface area (Å²) in [5.41, 5.74) is 0.484. The molecule has 2 amide bonds. The van der Waals surface area contributed by atoms with Crippen molar-refractivity contribution in [3.8, 4) is 0 Å². The highest BCUT2D eigenvalue weighted by Crippen LogP contribution is 2.22. The van der Waals surface area contributed by atoms with E-state index in [2.05, 4.69) is 25.9 Å². The van der Waals surface area contributed by atoms with Crippen LogP contribution in [0.25, 0.3) is 0 Å². The molecule has 1 aromatic rings. The summed E-state index contributed by atoms with van der Waals surface area (Å²) in [6, 6.07) is 5.88. The lowest BCUT2D eigenvalue weighted by atomic mass is 10.2. The van der Waals surface area contributed by atoms with Crippen LogP contribution in [0, 0.1) is 5.82 Å². The maximum absolute atomic E-state index is 13.4. The summed E-state index contributed by atoms with van der Waals surface area (Å²) < 4.78 is 13.4. The zero-order valence-corrected chi connectivity index (χ0v) is 11.9. The molecule has 112 valence electrons. The normalized spacial score (nSPS) is 19.1. The molecular weight excluding hydrogens is 309 g/mol. The van der Waals surface area contributed by atoms with E-state index in [1.165, 1.54) is 24.4 Å². The Morgan fingerprint density at radius 2 is 2.23 bits per heavy atom. The lowest BCUT2D eigenvalue weighted by molar-refractivity contribution is -0.116. The first kappa shape index (κ1) is 14.4. The number of amides is 2. The molecule has 2 aliphatic heterocycles. The summed E-state index contributed by atoms with van der Waals surface area (Å²) in [5.74, 6) is -1.26. The summed E-state index contributed by atoms with van der Waals surface area (Å²) in [4.78, 5) is 27.7. The Morgan fingerprint density at radius 1 is 1.41 bits per heavy atom. The number of carbonyl (C=O) groups is 2. The van der Waals surface area contributed by atoms with Crippen LogP contribution in [0.15, 0.2) is 51.3 Å². The highest BCUT2D eigenvalue weighted by atomic mass is 32.2. The van der Waals surface area contributed by atoms with Gasteiger partial charge in [-0.25, -0.2) is 9.38 Å². The maximum atomic E-state index is 13.4. The van der Waals surface area contributed by atoms with Crippen molar-refractivity contribution in [2.75, 3.05) is 11.1 Å². The Balaban J connectivity index is 1.58. The zero-order chi connectivity index (χ0) is 15.5. The van der Waals surface area contributed by atoms with Gasteiger partial charge in [0, 0.05) is 0 Å². The second-order valence-corrected chi connectivity index (χ2v) is 5.36. The minimum absolute atomic E-state index is 0.0175. The van der Waals surface area contributed by atoms with Crippen molar-refractivity contribution in [3.63, 3.8) is 0 Å². The van der Waals surface area contributed by atoms with E-state index in [1.807, 2.05) is 0 Å². The lowest BCUT2D eigenvalue weighted by Gasteiger charge is -2.16. The van der Waals surface area contributed by atoms with Crippen LogP contribution in [-0.2, 0) is 9.59 Å². The van der Waals surface area contributed by atoms with Crippen LogP contribution in [0.5, 0.6) is 0 Å². The van der Waals surface area contributed by atoms with Crippen LogP contribution in [0.1, 0.15) is 0 Å². The predicted molar refractivity (Wildman–Crippen MR) is 79.8 cm³/mol. The maximum Gasteiger partial charge on any atom is 0.258 e. The number of anilines is 1. The largest absolute Gasteiger partial charge is 0.323 e. The van der Waals surface area contributed by atoms with Gasteiger partial charge in [-0.2, -0.15) is 10.2 Å². The molecule has 0 aromatic heterocycles. The topological polar surface area (TPSA) is 95.3 Å². The summed E-state index contributed by atoms with van der Waals surface area (Å²) in [7, 11) is 0. The molecule has 2 heterocycles. The van der Waals surface area contributed by atoms with Gasteiger partial charge in [-0.05, 0) is 12.1 Å². The van der Waals surface area contributed by atoms with Gasteiger partial charge in [0.15, 0.2) is 11.3 Å². The molecular formula is C13H10FN5O2S. The van der Waals surface area contributed by atoms with Gasteiger partial charge in [-0.15, -0.1) is 0 Å². The number of nitrogens with zero attached hydrogens (tertiary/aromatic N) is 3. The van der Waals surface area contributed by atoms with Crippen molar-refractivity contribution >= 4 is 34.4 Å². The highest BCUT2D eigenvalue weighted by molar-refractivity contribution is 8.14. The lowest BCUT2D eigenvalue weighted by Crippen LogP contribution is -2.38. The first-order valence-corrected chi connectivity index (χ1v) is 7.28. The van der Waals surface area contributed by atoms with Gasteiger partial charge in [0.1, 0.15) is 5.82 Å². The van der Waals surface area contributed by atoms with Crippen LogP contribution in [0.2, 0.25) is 0 Å². The molecule has 1 aromatic carbocycles. The van der Waals surface area contributed by atoms with E-state index in [0.29, 0.717) is 5.57 Å². The molecule has 3 rings (SSSR count). The molecule has 0 saturated carbocycles. The first-order chi connectivity index (χ1) is 10.6. The van der Waals surface area contributed by atoms with Crippen LogP contribution in [0.4, 0.5) is 10.1 Å². The number of fused-ring (bicyclic) bond motifs is 1. The third-order valence-electron chi connectivity index (χ3n) is 2.86. The molecule has 22 heavy (non-hydrogen) atoms. The van der Waals surface area contributed by atoms with Crippen molar-refractivity contribution in [2.45, 2.75) is 6.17 Å². The third kappa shape index (κ3) is 3.03. The summed E-state index contributed by atoms with van der Waals surface area (Å²) in [6.45, 7) is 0. The van der Waals surface area contributed by atoms with Gasteiger partial charge >= 0.3 is 0 Å². The standard InChI is InChI=1S/C13H10FN5O2S/c14-8-3-1-2-4-9(8)16-10(20)6-22-13-17-11-7(5-15-19-11)12(21)18-13/h1-5,11H,6H2,(H,16,20)(H,17,18,21). The van der Waals surface area contributed by atoms with Gasteiger partial charge in [0.2, 0.25) is 5.91 Å². The number of para-hydroxylation sites is 1. The number of aliphatic imine (C=N–C) groups is 1. The fourth-order valence-corrected chi connectivity index (χ4v) is 2.51. The molecule has 0 radical (unpaired) electrons. The van der Waals surface area contributed by atoms with Gasteiger partial charge in [-0.3, -0.25) is 9.59 Å². The van der Waals surface area contributed by atoms with Gasteiger partial charge < -0.3 is 10.6 Å². The van der Waals surface area contributed by atoms with Crippen LogP contribution in [-0.4, -0.2) is 28.9 Å². The Bertz CT molecular complexity index is 731. The van der Waals surface area contributed by atoms with E-state index in [4.69, 9.17) is 0 Å². The highest BCUT2D eigenvalue weighted by Gasteiger charge is 2.29. The van der Waals surface area contributed by atoms with E-state index in [1.54, 1.807) is 6.07 Å². The summed E-state index contributed by atoms with van der Waals surface area (Å²) in [5, 5.41) is 12.7. The zero-order valence-electron chi connectivity index (χ0n) is 11.1. The van der Waals surface area contributed by atoms with Crippen LogP contribution in [0.3, 0.4) is 0 Å². The number of amidine groups is 1. The Hall–Kier alpha value is -2.55. The van der Waals surface area contributed by atoms with Gasteiger partial charge in [0.05, 0.1) is 23.2 Å². The number of benzene rings is 1. The summed E-state index contributed by atoms with van der Waals surface area (Å²) >= 11 is 1.04. The second kappa shape index (κ2) is 6.06. The molecule has 1 unspecified atom stereocenters. The number of rotatable bonds is 3. The van der Waals surface area contributed by atoms with Crippen molar-refractivity contribution in [1.82, 2.24) is 5.32 Å². The van der Waals surface area contributed by atoms with Gasteiger partial charge in [-0.1, -0.05) is 23.9 Å². The second-order valence-electron chi connectivity index (χ2n) is 4.39. The molecule has 1 atom stereocenters. The molecule has 0 bridgehead atoms. The van der Waals surface area contributed by atoms with E-state index in [9.17, 15) is 14.0 Å². The smallest absolute Gasteiger partial charge is 0.258 e. The molecule has 2 N–H and O–H groups in total. The van der Waals surface area contributed by atoms with Crippen molar-refractivity contribution in [1.29, 1.82) is 0 Å². The average Bonchev–Trinajstić information content (AvgIpc) is 2.97. The molecule has 9 heteroatoms. The predicted octanol–water partition coefficient (Wildman–Crippen LogP) is 1.66. The molecule has 0 fully saturated rings. The minimum atomic E-state index is -0.633. The van der Waals surface area contributed by atoms with Crippen molar-refractivity contribution in [3.05, 3.63) is 41.9 Å². The quantitative estimate of drug-likeness (QED) is 0.887. The molecule has 2 aliphatic rings. The van der Waals surface area contributed by atoms with E-state index in [-0.39, 0.29) is 22.5 Å². The van der Waals surface area contributed by atoms with Crippen molar-refractivity contribution < 1.29 is 14.0 Å². The fourth-order valence-electron chi connectivity index (χ4n) is 1.83. The number of hydrogen-bond acceptors (Lipinski definition) is 6. The first-order valence-electron chi connectivity index (χ1n) is 6.30. The number of halogens is 1. The molecule has 0 aliphatic carbocycles. The number of thioether (sulfide) groups is 1. The molecule has 0 saturated heterocycles. The van der Waals surface area contributed by atoms with Crippen LogP contribution >= 0.6 is 11.8 Å². The number of hydrogen-bond donors (Lipinski definition) is 2. The number of nitrogens with one attached hydrogen (secondary N) is 2. The van der Waals surface area contributed by atoms with Gasteiger partial charge in [0.25, 0.3) is 5.91 Å². The Kier molecular flexibility index (Phi) is 3.96. The molecule has 7 nitrogen and oxygen atoms in total. The van der Waals surface area contributed by atoms with Crippen molar-refractivity contribution in [2.24, 2.45) is 15.2 Å². The molecule has 0 spiro atoms. The van der Waals surface area contributed by atoms with E-state index >= 15 is 0 Å². The SMILES string of the molecule is O=C(CSC1=NC2N=NC=C2C(=O)N1)Nc1ccccc1F. The van der Waals surface area contributed by atoms with Crippen LogP contribution < -0.4 is 10.6 Å². The number of azo groups is 1. The summed E-state index contributed by atoms with van der Waals surface area (Å²) in [6.07, 6.45) is 0.724. The third-order valence-corrected chi connectivity index (χ3v) is 3.75. The van der Waals surface area contributed by atoms with E-state index in [0.717, 1.165) is 11.8 Å². The van der Waals surface area contributed by atoms with E-state index < -0.39 is 17.9 Å². The Labute approximate surface area is 128 Å². The Morgan fingerprint density at radius 3 is 3.05 bits per heavy atom. The average molecular weight is 319 g/mol. The minimum Gasteiger partial charge on any atom is -0.323 e. The fraction of sp³-hybridized carbons (Fsp3) is 0.154. The monoisotopic (exact) mass is 319 g/mol. The number of carbonyl (C=O) groups excluding carboxylic acids is 2.